The molecule has 2 heterocycles. The second kappa shape index (κ2) is 10.2. The Labute approximate surface area is 207 Å². The van der Waals surface area contributed by atoms with E-state index in [0.717, 1.165) is 44.8 Å². The fourth-order valence-electron chi connectivity index (χ4n) is 5.04. The summed E-state index contributed by atoms with van der Waals surface area (Å²) in [5.41, 5.74) is 7.76. The van der Waals surface area contributed by atoms with Crippen molar-refractivity contribution >= 4 is 35.1 Å². The molecule has 4 nitrogen and oxygen atoms in total. The molecule has 0 spiro atoms. The molecule has 34 heavy (non-hydrogen) atoms. The number of carbonyl (C=O) groups excluding carboxylic acids is 1. The van der Waals surface area contributed by atoms with Gasteiger partial charge in [0, 0.05) is 61.2 Å². The summed E-state index contributed by atoms with van der Waals surface area (Å²) in [4.78, 5) is 19.9. The number of anilines is 3. The van der Waals surface area contributed by atoms with E-state index in [9.17, 15) is 4.79 Å². The predicted molar refractivity (Wildman–Crippen MR) is 144 cm³/mol. The first-order valence-corrected chi connectivity index (χ1v) is 13.2. The molecule has 3 aromatic rings. The first-order chi connectivity index (χ1) is 16.6. The van der Waals surface area contributed by atoms with Crippen molar-refractivity contribution in [1.82, 2.24) is 4.90 Å². The molecule has 0 saturated carbocycles. The Morgan fingerprint density at radius 3 is 2.32 bits per heavy atom. The topological polar surface area (TPSA) is 26.8 Å². The smallest absolute Gasteiger partial charge is 0.121 e. The van der Waals surface area contributed by atoms with Crippen molar-refractivity contribution in [1.29, 1.82) is 0 Å². The van der Waals surface area contributed by atoms with E-state index in [4.69, 9.17) is 0 Å². The highest BCUT2D eigenvalue weighted by molar-refractivity contribution is 7.99. The second-order valence-corrected chi connectivity index (χ2v) is 10.5. The maximum absolute atomic E-state index is 11.1. The van der Waals surface area contributed by atoms with Crippen LogP contribution in [0.3, 0.4) is 0 Å². The van der Waals surface area contributed by atoms with Crippen LogP contribution >= 0.6 is 11.8 Å². The molecule has 0 N–H and O–H groups in total. The lowest BCUT2D eigenvalue weighted by molar-refractivity contribution is -0.108. The molecule has 176 valence electrons. The van der Waals surface area contributed by atoms with E-state index < -0.39 is 0 Å². The molecule has 5 rings (SSSR count). The first-order valence-electron chi connectivity index (χ1n) is 12.2. The number of fused-ring (bicyclic) bond motifs is 1. The quantitative estimate of drug-likeness (QED) is 0.411. The van der Waals surface area contributed by atoms with Gasteiger partial charge in [-0.2, -0.15) is 0 Å². The van der Waals surface area contributed by atoms with Crippen LogP contribution in [-0.4, -0.2) is 49.7 Å². The summed E-state index contributed by atoms with van der Waals surface area (Å²) in [6, 6.07) is 25.0. The zero-order valence-electron chi connectivity index (χ0n) is 20.1. The average Bonchev–Trinajstić information content (AvgIpc) is 2.88. The van der Waals surface area contributed by atoms with Crippen LogP contribution in [0.25, 0.3) is 0 Å². The van der Waals surface area contributed by atoms with Gasteiger partial charge in [0.05, 0.1) is 11.7 Å². The van der Waals surface area contributed by atoms with Gasteiger partial charge in [0.15, 0.2) is 0 Å². The number of benzene rings is 3. The van der Waals surface area contributed by atoms with Crippen molar-refractivity contribution in [2.45, 2.75) is 31.2 Å². The number of aryl methyl sites for hydroxylation is 2. The SMILES string of the molecule is Cc1ccc(C2CN(c3ccc4c(c3)N(c3ccc(C)cc3)CCS4)CCN2CCC=O)cc1. The Balaban J connectivity index is 1.43. The van der Waals surface area contributed by atoms with E-state index in [2.05, 4.69) is 95.3 Å². The molecule has 0 bridgehead atoms. The molecule has 2 aliphatic heterocycles. The van der Waals surface area contributed by atoms with Crippen molar-refractivity contribution in [3.63, 3.8) is 0 Å². The molecule has 0 aliphatic carbocycles. The number of rotatable bonds is 6. The highest BCUT2D eigenvalue weighted by Gasteiger charge is 2.29. The summed E-state index contributed by atoms with van der Waals surface area (Å²) in [7, 11) is 0. The van der Waals surface area contributed by atoms with Gasteiger partial charge in [-0.05, 0) is 49.7 Å². The minimum absolute atomic E-state index is 0.285. The number of hydrogen-bond acceptors (Lipinski definition) is 5. The highest BCUT2D eigenvalue weighted by atomic mass is 32.2. The zero-order chi connectivity index (χ0) is 23.5. The van der Waals surface area contributed by atoms with E-state index in [1.165, 1.54) is 38.6 Å². The van der Waals surface area contributed by atoms with Crippen molar-refractivity contribution < 1.29 is 4.79 Å². The number of nitrogens with zero attached hydrogens (tertiary/aromatic N) is 3. The number of thioether (sulfide) groups is 1. The third-order valence-electron chi connectivity index (χ3n) is 7.00. The van der Waals surface area contributed by atoms with Gasteiger partial charge < -0.3 is 14.6 Å². The maximum Gasteiger partial charge on any atom is 0.121 e. The summed E-state index contributed by atoms with van der Waals surface area (Å²) < 4.78 is 0. The molecule has 0 amide bonds. The second-order valence-electron chi connectivity index (χ2n) is 9.35. The number of carbonyl (C=O) groups is 1. The Kier molecular flexibility index (Phi) is 6.93. The van der Waals surface area contributed by atoms with Gasteiger partial charge in [-0.1, -0.05) is 47.5 Å². The van der Waals surface area contributed by atoms with E-state index in [1.807, 2.05) is 11.8 Å². The summed E-state index contributed by atoms with van der Waals surface area (Å²) in [5.74, 6) is 1.10. The molecule has 5 heteroatoms. The van der Waals surface area contributed by atoms with Gasteiger partial charge in [-0.3, -0.25) is 4.90 Å². The fourth-order valence-corrected chi connectivity index (χ4v) is 6.02. The standard InChI is InChI=1S/C29H33N3OS/c1-22-4-8-24(9-5-22)28-21-31(16-15-30(28)14-3-18-33)26-12-13-29-27(20-26)32(17-19-34-29)25-10-6-23(2)7-11-25/h4-13,18,20,28H,3,14-17,19,21H2,1-2H3. The van der Waals surface area contributed by atoms with Gasteiger partial charge in [0.1, 0.15) is 6.29 Å². The fraction of sp³-hybridized carbons (Fsp3) is 0.345. The van der Waals surface area contributed by atoms with Gasteiger partial charge in [0.2, 0.25) is 0 Å². The van der Waals surface area contributed by atoms with Gasteiger partial charge >= 0.3 is 0 Å². The van der Waals surface area contributed by atoms with Crippen molar-refractivity contribution in [3.05, 3.63) is 83.4 Å². The largest absolute Gasteiger partial charge is 0.368 e. The predicted octanol–water partition coefficient (Wildman–Crippen LogP) is 6.00. The molecule has 3 aromatic carbocycles. The lowest BCUT2D eigenvalue weighted by Crippen LogP contribution is -2.48. The van der Waals surface area contributed by atoms with Crippen molar-refractivity contribution in [2.75, 3.05) is 48.3 Å². The minimum atomic E-state index is 0.285. The molecule has 0 radical (unpaired) electrons. The van der Waals surface area contributed by atoms with Crippen LogP contribution in [0.1, 0.15) is 29.2 Å². The van der Waals surface area contributed by atoms with Crippen LogP contribution in [0.15, 0.2) is 71.6 Å². The first kappa shape index (κ1) is 23.0. The van der Waals surface area contributed by atoms with Crippen LogP contribution < -0.4 is 9.80 Å². The Bertz CT molecular complexity index is 1130. The monoisotopic (exact) mass is 471 g/mol. The average molecular weight is 472 g/mol. The zero-order valence-corrected chi connectivity index (χ0v) is 20.9. The van der Waals surface area contributed by atoms with Crippen molar-refractivity contribution in [2.24, 2.45) is 0 Å². The van der Waals surface area contributed by atoms with Crippen LogP contribution in [0.4, 0.5) is 17.1 Å². The number of aldehydes is 1. The Morgan fingerprint density at radius 2 is 1.59 bits per heavy atom. The molecule has 1 fully saturated rings. The van der Waals surface area contributed by atoms with E-state index in [1.54, 1.807) is 0 Å². The lowest BCUT2D eigenvalue weighted by atomic mass is 10.00. The highest BCUT2D eigenvalue weighted by Crippen LogP contribution is 2.42. The van der Waals surface area contributed by atoms with Gasteiger partial charge in [-0.15, -0.1) is 11.8 Å². The molecular formula is C29H33N3OS. The summed E-state index contributed by atoms with van der Waals surface area (Å²) in [6.07, 6.45) is 1.63. The van der Waals surface area contributed by atoms with Crippen LogP contribution in [0.5, 0.6) is 0 Å². The summed E-state index contributed by atoms with van der Waals surface area (Å²) in [5, 5.41) is 0. The molecule has 0 aromatic heterocycles. The molecular weight excluding hydrogens is 438 g/mol. The lowest BCUT2D eigenvalue weighted by Gasteiger charge is -2.43. The van der Waals surface area contributed by atoms with Crippen LogP contribution in [0, 0.1) is 13.8 Å². The van der Waals surface area contributed by atoms with Gasteiger partial charge in [0.25, 0.3) is 0 Å². The third-order valence-corrected chi connectivity index (χ3v) is 8.05. The van der Waals surface area contributed by atoms with Crippen molar-refractivity contribution in [3.8, 4) is 0 Å². The minimum Gasteiger partial charge on any atom is -0.368 e. The molecule has 2 aliphatic rings. The van der Waals surface area contributed by atoms with Crippen LogP contribution in [-0.2, 0) is 4.79 Å². The normalized spacial score (nSPS) is 18.6. The number of hydrogen-bond donors (Lipinski definition) is 0. The van der Waals surface area contributed by atoms with Gasteiger partial charge in [-0.25, -0.2) is 0 Å². The number of piperazine rings is 1. The van der Waals surface area contributed by atoms with E-state index >= 15 is 0 Å². The third kappa shape index (κ3) is 4.86. The summed E-state index contributed by atoms with van der Waals surface area (Å²) in [6.45, 7) is 8.97. The maximum atomic E-state index is 11.1. The summed E-state index contributed by atoms with van der Waals surface area (Å²) >= 11 is 1.95. The molecule has 1 unspecified atom stereocenters. The van der Waals surface area contributed by atoms with E-state index in [0.29, 0.717) is 6.42 Å². The van der Waals surface area contributed by atoms with E-state index in [-0.39, 0.29) is 6.04 Å². The molecule has 1 atom stereocenters. The molecule has 1 saturated heterocycles. The van der Waals surface area contributed by atoms with Crippen LogP contribution in [0.2, 0.25) is 0 Å². The Morgan fingerprint density at radius 1 is 0.882 bits per heavy atom. The Hall–Kier alpha value is -2.76.